The molecule has 0 bridgehead atoms. The molecule has 0 atom stereocenters. The van der Waals surface area contributed by atoms with Crippen LogP contribution in [0.5, 0.6) is 5.75 Å². The molecule has 0 saturated heterocycles. The summed E-state index contributed by atoms with van der Waals surface area (Å²) in [6.45, 7) is 4.12. The summed E-state index contributed by atoms with van der Waals surface area (Å²) in [4.78, 5) is 30.1. The normalized spacial score (nSPS) is 10.7. The average Bonchev–Trinajstić information content (AvgIpc) is 2.67. The molecule has 2 amide bonds. The first-order chi connectivity index (χ1) is 12.9. The lowest BCUT2D eigenvalue weighted by atomic mass is 10.1. The number of aromatic nitrogens is 1. The van der Waals surface area contributed by atoms with Gasteiger partial charge in [0.1, 0.15) is 5.75 Å². The van der Waals surface area contributed by atoms with Crippen LogP contribution in [0.4, 0.5) is 0 Å². The Labute approximate surface area is 159 Å². The summed E-state index contributed by atoms with van der Waals surface area (Å²) in [5, 5.41) is 2.60. The van der Waals surface area contributed by atoms with Gasteiger partial charge in [0.05, 0.1) is 25.9 Å². The van der Waals surface area contributed by atoms with Gasteiger partial charge in [-0.3, -0.25) is 14.6 Å². The first-order valence-corrected chi connectivity index (χ1v) is 8.66. The molecule has 0 saturated carbocycles. The summed E-state index contributed by atoms with van der Waals surface area (Å²) >= 11 is 0. The number of nitrogens with zero attached hydrogens (tertiary/aromatic N) is 2. The highest BCUT2D eigenvalue weighted by molar-refractivity contribution is 5.94. The van der Waals surface area contributed by atoms with E-state index in [0.29, 0.717) is 6.54 Å². The molecule has 0 aliphatic heterocycles. The van der Waals surface area contributed by atoms with Crippen LogP contribution in [-0.2, 0) is 16.1 Å². The van der Waals surface area contributed by atoms with E-state index in [9.17, 15) is 9.59 Å². The van der Waals surface area contributed by atoms with Gasteiger partial charge in [-0.05, 0) is 25.5 Å². The fraction of sp³-hybridized carbons (Fsp3) is 0.286. The van der Waals surface area contributed by atoms with Crippen LogP contribution < -0.4 is 10.1 Å². The van der Waals surface area contributed by atoms with Crippen molar-refractivity contribution in [2.24, 2.45) is 0 Å². The molecule has 1 N–H and O–H groups in total. The Hall–Kier alpha value is -3.15. The number of rotatable bonds is 7. The minimum absolute atomic E-state index is 0.0729. The number of benzene rings is 1. The van der Waals surface area contributed by atoms with Crippen molar-refractivity contribution in [1.82, 2.24) is 15.2 Å². The Morgan fingerprint density at radius 3 is 2.59 bits per heavy atom. The average molecular weight is 367 g/mol. The van der Waals surface area contributed by atoms with Gasteiger partial charge in [0, 0.05) is 30.4 Å². The Morgan fingerprint density at radius 2 is 1.93 bits per heavy atom. The van der Waals surface area contributed by atoms with Crippen molar-refractivity contribution in [2.45, 2.75) is 20.4 Å². The number of amides is 2. The zero-order valence-corrected chi connectivity index (χ0v) is 16.2. The van der Waals surface area contributed by atoms with Crippen molar-refractivity contribution < 1.29 is 14.3 Å². The van der Waals surface area contributed by atoms with Crippen LogP contribution in [0.25, 0.3) is 6.08 Å². The predicted molar refractivity (Wildman–Crippen MR) is 105 cm³/mol. The molecule has 1 heterocycles. The van der Waals surface area contributed by atoms with Gasteiger partial charge in [0.25, 0.3) is 0 Å². The molecule has 0 unspecified atom stereocenters. The van der Waals surface area contributed by atoms with Crippen molar-refractivity contribution in [3.8, 4) is 5.75 Å². The van der Waals surface area contributed by atoms with Crippen molar-refractivity contribution in [3.63, 3.8) is 0 Å². The van der Waals surface area contributed by atoms with E-state index >= 15 is 0 Å². The molecule has 142 valence electrons. The number of hydrogen-bond acceptors (Lipinski definition) is 4. The molecule has 0 aliphatic rings. The molecule has 0 spiro atoms. The third-order valence-corrected chi connectivity index (χ3v) is 4.20. The highest BCUT2D eigenvalue weighted by atomic mass is 16.5. The molecule has 0 radical (unpaired) electrons. The van der Waals surface area contributed by atoms with Gasteiger partial charge in [0.15, 0.2) is 0 Å². The summed E-state index contributed by atoms with van der Waals surface area (Å²) in [7, 11) is 3.30. The summed E-state index contributed by atoms with van der Waals surface area (Å²) in [5.74, 6) is 0.268. The summed E-state index contributed by atoms with van der Waals surface area (Å²) < 4.78 is 5.39. The van der Waals surface area contributed by atoms with Crippen LogP contribution in [0.1, 0.15) is 22.4 Å². The Kier molecular flexibility index (Phi) is 7.11. The second-order valence-electron chi connectivity index (χ2n) is 6.26. The number of carbonyl (C=O) groups excluding carboxylic acids is 2. The molecule has 0 fully saturated rings. The number of aryl methyl sites for hydroxylation is 1. The molecule has 6 heteroatoms. The van der Waals surface area contributed by atoms with Crippen molar-refractivity contribution in [1.29, 1.82) is 0 Å². The Morgan fingerprint density at radius 1 is 1.22 bits per heavy atom. The highest BCUT2D eigenvalue weighted by Gasteiger charge is 2.15. The van der Waals surface area contributed by atoms with Crippen molar-refractivity contribution >= 4 is 17.9 Å². The molecule has 1 aromatic carbocycles. The van der Waals surface area contributed by atoms with E-state index in [1.165, 1.54) is 11.0 Å². The molecule has 27 heavy (non-hydrogen) atoms. The van der Waals surface area contributed by atoms with Gasteiger partial charge in [-0.15, -0.1) is 0 Å². The van der Waals surface area contributed by atoms with E-state index in [1.54, 1.807) is 26.4 Å². The van der Waals surface area contributed by atoms with Crippen molar-refractivity contribution in [2.75, 3.05) is 20.7 Å². The first kappa shape index (κ1) is 20.2. The molecular weight excluding hydrogens is 342 g/mol. The van der Waals surface area contributed by atoms with Crippen LogP contribution in [-0.4, -0.2) is 42.4 Å². The Balaban J connectivity index is 1.89. The van der Waals surface area contributed by atoms with Gasteiger partial charge >= 0.3 is 0 Å². The molecular formula is C21H25N3O3. The van der Waals surface area contributed by atoms with E-state index in [-0.39, 0.29) is 18.4 Å². The quantitative estimate of drug-likeness (QED) is 0.763. The van der Waals surface area contributed by atoms with Gasteiger partial charge in [0.2, 0.25) is 11.8 Å². The molecule has 2 rings (SSSR count). The van der Waals surface area contributed by atoms with Crippen LogP contribution in [0.3, 0.4) is 0 Å². The third-order valence-electron chi connectivity index (χ3n) is 4.20. The molecule has 6 nitrogen and oxygen atoms in total. The lowest BCUT2D eigenvalue weighted by Crippen LogP contribution is -2.37. The van der Waals surface area contributed by atoms with E-state index in [1.807, 2.05) is 44.2 Å². The van der Waals surface area contributed by atoms with Crippen LogP contribution >= 0.6 is 0 Å². The fourth-order valence-corrected chi connectivity index (χ4v) is 2.64. The molecule has 0 aliphatic carbocycles. The predicted octanol–water partition coefficient (Wildman–Crippen LogP) is 2.50. The highest BCUT2D eigenvalue weighted by Crippen LogP contribution is 2.24. The SMILES string of the molecule is COc1c(C)cnc(CN(C)C(=O)CNC(=O)/C=C/c2ccccc2)c1C. The number of carbonyl (C=O) groups is 2. The van der Waals surface area contributed by atoms with E-state index < -0.39 is 0 Å². The number of pyridine rings is 1. The minimum Gasteiger partial charge on any atom is -0.496 e. The summed E-state index contributed by atoms with van der Waals surface area (Å²) in [6.07, 6.45) is 4.85. The number of hydrogen-bond donors (Lipinski definition) is 1. The lowest BCUT2D eigenvalue weighted by Gasteiger charge is -2.19. The third kappa shape index (κ3) is 5.67. The van der Waals surface area contributed by atoms with E-state index in [4.69, 9.17) is 4.74 Å². The second kappa shape index (κ2) is 9.52. The number of nitrogens with one attached hydrogen (secondary N) is 1. The smallest absolute Gasteiger partial charge is 0.244 e. The number of ether oxygens (including phenoxy) is 1. The molecule has 1 aromatic heterocycles. The monoisotopic (exact) mass is 367 g/mol. The number of methoxy groups -OCH3 is 1. The maximum absolute atomic E-state index is 12.3. The van der Waals surface area contributed by atoms with Crippen LogP contribution in [0.15, 0.2) is 42.6 Å². The van der Waals surface area contributed by atoms with E-state index in [0.717, 1.165) is 28.1 Å². The largest absolute Gasteiger partial charge is 0.496 e. The van der Waals surface area contributed by atoms with Gasteiger partial charge in [-0.1, -0.05) is 30.3 Å². The maximum Gasteiger partial charge on any atom is 0.244 e. The zero-order valence-electron chi connectivity index (χ0n) is 16.2. The summed E-state index contributed by atoms with van der Waals surface area (Å²) in [5.41, 5.74) is 3.55. The minimum atomic E-state index is -0.313. The fourth-order valence-electron chi connectivity index (χ4n) is 2.64. The van der Waals surface area contributed by atoms with Crippen LogP contribution in [0, 0.1) is 13.8 Å². The van der Waals surface area contributed by atoms with E-state index in [2.05, 4.69) is 10.3 Å². The van der Waals surface area contributed by atoms with Gasteiger partial charge in [-0.2, -0.15) is 0 Å². The van der Waals surface area contributed by atoms with Gasteiger partial charge in [-0.25, -0.2) is 0 Å². The zero-order chi connectivity index (χ0) is 19.8. The Bertz CT molecular complexity index is 832. The maximum atomic E-state index is 12.3. The standard InChI is InChI=1S/C21H25N3O3/c1-15-12-22-18(16(2)21(15)27-4)14-24(3)20(26)13-23-19(25)11-10-17-8-6-5-7-9-17/h5-12H,13-14H2,1-4H3,(H,23,25)/b11-10+. The lowest BCUT2D eigenvalue weighted by molar-refractivity contribution is -0.131. The molecule has 2 aromatic rings. The second-order valence-corrected chi connectivity index (χ2v) is 6.26. The summed E-state index contributed by atoms with van der Waals surface area (Å²) in [6, 6.07) is 9.49. The number of likely N-dealkylation sites (N-methyl/N-ethyl adjacent to an activating group) is 1. The van der Waals surface area contributed by atoms with Crippen molar-refractivity contribution in [3.05, 3.63) is 65.0 Å². The van der Waals surface area contributed by atoms with Gasteiger partial charge < -0.3 is 15.0 Å². The van der Waals surface area contributed by atoms with Crippen LogP contribution in [0.2, 0.25) is 0 Å². The first-order valence-electron chi connectivity index (χ1n) is 8.66. The topological polar surface area (TPSA) is 71.5 Å².